The lowest BCUT2D eigenvalue weighted by molar-refractivity contribution is -0.141. The molecule has 2 aromatic carbocycles. The summed E-state index contributed by atoms with van der Waals surface area (Å²) in [6.07, 6.45) is 3.18. The van der Waals surface area contributed by atoms with Crippen molar-refractivity contribution >= 4 is 44.5 Å². The van der Waals surface area contributed by atoms with E-state index >= 15 is 0 Å². The highest BCUT2D eigenvalue weighted by Crippen LogP contribution is 2.22. The molecule has 0 aliphatic rings. The number of aromatic nitrogens is 3. The molecular weight excluding hydrogens is 388 g/mol. The van der Waals surface area contributed by atoms with E-state index in [9.17, 15) is 9.59 Å². The molecule has 4 rings (SSSR count). The third-order valence-corrected chi connectivity index (χ3v) is 5.77. The smallest absolute Gasteiger partial charge is 0.325 e. The topological polar surface area (TPSA) is 86.4 Å². The van der Waals surface area contributed by atoms with Crippen LogP contribution in [0.3, 0.4) is 0 Å². The summed E-state index contributed by atoms with van der Waals surface area (Å²) in [4.78, 5) is 38.0. The van der Waals surface area contributed by atoms with Gasteiger partial charge in [0.1, 0.15) is 6.54 Å². The third-order valence-electron chi connectivity index (χ3n) is 4.73. The highest BCUT2D eigenvalue weighted by atomic mass is 32.1. The fraction of sp³-hybridized carbons (Fsp3) is 0.190. The first-order chi connectivity index (χ1) is 14.0. The molecule has 0 bridgehead atoms. The Balaban J connectivity index is 1.86. The van der Waals surface area contributed by atoms with Crippen molar-refractivity contribution in [1.82, 2.24) is 14.5 Å². The van der Waals surface area contributed by atoms with Crippen LogP contribution in [0.25, 0.3) is 21.3 Å². The van der Waals surface area contributed by atoms with E-state index in [1.165, 1.54) is 18.4 Å². The number of nitrogens with zero attached hydrogens (tertiary/aromatic N) is 4. The van der Waals surface area contributed by atoms with Gasteiger partial charge in [-0.05, 0) is 55.3 Å². The van der Waals surface area contributed by atoms with Gasteiger partial charge in [0.05, 0.1) is 28.4 Å². The SMILES string of the molecule is COC(=O)Cn1c(=NC(=O)c2ccc3nccnc3c2)sc2cc(C)c(C)cc21. The fourth-order valence-electron chi connectivity index (χ4n) is 3.00. The van der Waals surface area contributed by atoms with E-state index in [1.807, 2.05) is 26.0 Å². The number of hydrogen-bond acceptors (Lipinski definition) is 6. The first kappa shape index (κ1) is 18.9. The number of hydrogen-bond donors (Lipinski definition) is 0. The molecule has 0 spiro atoms. The molecule has 29 heavy (non-hydrogen) atoms. The molecule has 0 saturated heterocycles. The normalized spacial score (nSPS) is 11.9. The van der Waals surface area contributed by atoms with Gasteiger partial charge < -0.3 is 9.30 Å². The Labute approximate surface area is 170 Å². The molecule has 7 nitrogen and oxygen atoms in total. The van der Waals surface area contributed by atoms with Crippen molar-refractivity contribution in [2.45, 2.75) is 20.4 Å². The molecule has 0 unspecified atom stereocenters. The zero-order valence-electron chi connectivity index (χ0n) is 16.2. The molecular formula is C21H18N4O3S. The molecule has 0 N–H and O–H groups in total. The number of amides is 1. The van der Waals surface area contributed by atoms with Gasteiger partial charge in [-0.3, -0.25) is 19.6 Å². The van der Waals surface area contributed by atoms with E-state index < -0.39 is 11.9 Å². The summed E-state index contributed by atoms with van der Waals surface area (Å²) in [5.74, 6) is -0.811. The van der Waals surface area contributed by atoms with Gasteiger partial charge in [0.25, 0.3) is 5.91 Å². The first-order valence-electron chi connectivity index (χ1n) is 8.93. The van der Waals surface area contributed by atoms with E-state index in [2.05, 4.69) is 15.0 Å². The molecule has 2 heterocycles. The second-order valence-electron chi connectivity index (χ2n) is 6.63. The quantitative estimate of drug-likeness (QED) is 0.488. The van der Waals surface area contributed by atoms with Gasteiger partial charge in [-0.15, -0.1) is 0 Å². The van der Waals surface area contributed by atoms with Crippen molar-refractivity contribution in [2.24, 2.45) is 4.99 Å². The molecule has 0 radical (unpaired) electrons. The van der Waals surface area contributed by atoms with Crippen molar-refractivity contribution in [3.05, 3.63) is 64.2 Å². The number of aryl methyl sites for hydroxylation is 2. The molecule has 0 aliphatic heterocycles. The number of ether oxygens (including phenoxy) is 1. The van der Waals surface area contributed by atoms with Gasteiger partial charge in [0, 0.05) is 18.0 Å². The standard InChI is InChI=1S/C21H18N4O3S/c1-12-8-17-18(9-13(12)2)29-21(25(17)11-19(26)28-3)24-20(27)14-4-5-15-16(10-14)23-7-6-22-15/h4-10H,11H2,1-3H3. The Hall–Kier alpha value is -3.39. The predicted molar refractivity (Wildman–Crippen MR) is 111 cm³/mol. The maximum atomic E-state index is 12.8. The van der Waals surface area contributed by atoms with Crippen molar-refractivity contribution in [3.63, 3.8) is 0 Å². The molecule has 0 saturated carbocycles. The van der Waals surface area contributed by atoms with E-state index in [-0.39, 0.29) is 6.54 Å². The van der Waals surface area contributed by atoms with Crippen LogP contribution in [0.4, 0.5) is 0 Å². The molecule has 4 aromatic rings. The minimum atomic E-state index is -0.406. The predicted octanol–water partition coefficient (Wildman–Crippen LogP) is 3.18. The third kappa shape index (κ3) is 3.66. The second kappa shape index (κ2) is 7.56. The van der Waals surface area contributed by atoms with E-state index in [0.717, 1.165) is 21.3 Å². The summed E-state index contributed by atoms with van der Waals surface area (Å²) in [5.41, 5.74) is 4.82. The number of carbonyl (C=O) groups excluding carboxylic acids is 2. The Bertz CT molecular complexity index is 1340. The Morgan fingerprint density at radius 1 is 1.07 bits per heavy atom. The van der Waals surface area contributed by atoms with E-state index in [4.69, 9.17) is 4.74 Å². The maximum Gasteiger partial charge on any atom is 0.325 e. The van der Waals surface area contributed by atoms with Gasteiger partial charge in [0.15, 0.2) is 4.80 Å². The molecule has 2 aromatic heterocycles. The maximum absolute atomic E-state index is 12.8. The molecule has 8 heteroatoms. The molecule has 0 aliphatic carbocycles. The van der Waals surface area contributed by atoms with Crippen molar-refractivity contribution in [2.75, 3.05) is 7.11 Å². The zero-order chi connectivity index (χ0) is 20.5. The second-order valence-corrected chi connectivity index (χ2v) is 7.64. The lowest BCUT2D eigenvalue weighted by atomic mass is 10.1. The largest absolute Gasteiger partial charge is 0.468 e. The van der Waals surface area contributed by atoms with Crippen LogP contribution in [-0.4, -0.2) is 33.5 Å². The lowest BCUT2D eigenvalue weighted by Gasteiger charge is -2.05. The minimum Gasteiger partial charge on any atom is -0.468 e. The average Bonchev–Trinajstić information content (AvgIpc) is 3.03. The lowest BCUT2D eigenvalue weighted by Crippen LogP contribution is -2.22. The monoisotopic (exact) mass is 406 g/mol. The van der Waals surface area contributed by atoms with Gasteiger partial charge in [-0.25, -0.2) is 0 Å². The van der Waals surface area contributed by atoms with Crippen LogP contribution in [0.5, 0.6) is 0 Å². The first-order valence-corrected chi connectivity index (χ1v) is 9.75. The number of fused-ring (bicyclic) bond motifs is 2. The summed E-state index contributed by atoms with van der Waals surface area (Å²) in [6, 6.07) is 9.12. The molecule has 146 valence electrons. The summed E-state index contributed by atoms with van der Waals surface area (Å²) in [5, 5.41) is 0. The van der Waals surface area contributed by atoms with Crippen molar-refractivity contribution < 1.29 is 14.3 Å². The van der Waals surface area contributed by atoms with Crippen LogP contribution in [0.2, 0.25) is 0 Å². The zero-order valence-corrected chi connectivity index (χ0v) is 17.0. The average molecular weight is 406 g/mol. The van der Waals surface area contributed by atoms with Gasteiger partial charge in [0.2, 0.25) is 0 Å². The number of carbonyl (C=O) groups is 2. The number of methoxy groups -OCH3 is 1. The van der Waals surface area contributed by atoms with Crippen LogP contribution in [0, 0.1) is 13.8 Å². The van der Waals surface area contributed by atoms with Crippen molar-refractivity contribution in [3.8, 4) is 0 Å². The summed E-state index contributed by atoms with van der Waals surface area (Å²) in [6.45, 7) is 4.01. The number of thiazole rings is 1. The summed E-state index contributed by atoms with van der Waals surface area (Å²) in [7, 11) is 1.34. The Morgan fingerprint density at radius 2 is 1.79 bits per heavy atom. The summed E-state index contributed by atoms with van der Waals surface area (Å²) >= 11 is 1.37. The van der Waals surface area contributed by atoms with Crippen LogP contribution in [-0.2, 0) is 16.1 Å². The van der Waals surface area contributed by atoms with Gasteiger partial charge in [-0.2, -0.15) is 4.99 Å². The van der Waals surface area contributed by atoms with Crippen molar-refractivity contribution in [1.29, 1.82) is 0 Å². The van der Waals surface area contributed by atoms with Crippen LogP contribution in [0.15, 0.2) is 47.7 Å². The Kier molecular flexibility index (Phi) is 4.94. The van der Waals surface area contributed by atoms with E-state index in [1.54, 1.807) is 35.2 Å². The highest BCUT2D eigenvalue weighted by molar-refractivity contribution is 7.16. The van der Waals surface area contributed by atoms with Crippen LogP contribution < -0.4 is 4.80 Å². The van der Waals surface area contributed by atoms with Gasteiger partial charge >= 0.3 is 5.97 Å². The fourth-order valence-corrected chi connectivity index (χ4v) is 4.11. The number of esters is 1. The molecule has 1 amide bonds. The molecule has 0 fully saturated rings. The Morgan fingerprint density at radius 3 is 2.55 bits per heavy atom. The minimum absolute atomic E-state index is 0.0195. The summed E-state index contributed by atoms with van der Waals surface area (Å²) < 4.78 is 7.49. The number of benzene rings is 2. The number of rotatable bonds is 3. The highest BCUT2D eigenvalue weighted by Gasteiger charge is 2.14. The van der Waals surface area contributed by atoms with Gasteiger partial charge in [-0.1, -0.05) is 11.3 Å². The van der Waals surface area contributed by atoms with Crippen LogP contribution in [0.1, 0.15) is 21.5 Å². The van der Waals surface area contributed by atoms with E-state index in [0.29, 0.717) is 21.4 Å². The van der Waals surface area contributed by atoms with Crippen LogP contribution >= 0.6 is 11.3 Å². The molecule has 0 atom stereocenters.